The maximum atomic E-state index is 5.18. The summed E-state index contributed by atoms with van der Waals surface area (Å²) in [5.74, 6) is 0. The van der Waals surface area contributed by atoms with Crippen LogP contribution < -0.4 is 9.57 Å². The number of rotatable bonds is 2. The summed E-state index contributed by atoms with van der Waals surface area (Å²) < 4.78 is 1.63. The van der Waals surface area contributed by atoms with Crippen LogP contribution in [-0.4, -0.2) is 6.61 Å². The highest BCUT2D eigenvalue weighted by molar-refractivity contribution is 7.80. The van der Waals surface area contributed by atoms with Crippen LogP contribution in [0.4, 0.5) is 0 Å². The molecule has 1 heterocycles. The summed E-state index contributed by atoms with van der Waals surface area (Å²) in [6.07, 6.45) is 1.83. The highest BCUT2D eigenvalue weighted by Crippen LogP contribution is 1.93. The van der Waals surface area contributed by atoms with E-state index in [9.17, 15) is 0 Å². The number of nitrogens with zero attached hydrogens (tertiary/aromatic N) is 1. The van der Waals surface area contributed by atoms with Gasteiger partial charge < -0.3 is 0 Å². The SMILES string of the molecule is CCO[n+]1ccccc1S. The van der Waals surface area contributed by atoms with Gasteiger partial charge in [0.2, 0.25) is 6.20 Å². The van der Waals surface area contributed by atoms with E-state index in [1.54, 1.807) is 4.73 Å². The second-order valence-electron chi connectivity index (χ2n) is 1.80. The lowest BCUT2D eigenvalue weighted by Gasteiger charge is -1.94. The van der Waals surface area contributed by atoms with Gasteiger partial charge in [0.05, 0.1) is 0 Å². The normalized spacial score (nSPS) is 9.40. The van der Waals surface area contributed by atoms with Gasteiger partial charge in [0.1, 0.15) is 0 Å². The third kappa shape index (κ3) is 1.64. The van der Waals surface area contributed by atoms with Crippen LogP contribution in [-0.2, 0) is 0 Å². The van der Waals surface area contributed by atoms with E-state index < -0.39 is 0 Å². The first kappa shape index (κ1) is 7.41. The Morgan fingerprint density at radius 2 is 2.40 bits per heavy atom. The number of hydrogen-bond donors (Lipinski definition) is 1. The van der Waals surface area contributed by atoms with E-state index in [1.807, 2.05) is 31.3 Å². The molecule has 1 aromatic rings. The molecule has 0 amide bonds. The molecule has 10 heavy (non-hydrogen) atoms. The van der Waals surface area contributed by atoms with Gasteiger partial charge in [0.15, 0.2) is 6.61 Å². The summed E-state index contributed by atoms with van der Waals surface area (Å²) in [4.78, 5) is 5.18. The zero-order chi connectivity index (χ0) is 7.40. The predicted octanol–water partition coefficient (Wildman–Crippen LogP) is 0.711. The highest BCUT2D eigenvalue weighted by atomic mass is 32.1. The van der Waals surface area contributed by atoms with E-state index in [-0.39, 0.29) is 0 Å². The molecule has 1 aromatic heterocycles. The zero-order valence-electron chi connectivity index (χ0n) is 5.82. The second kappa shape index (κ2) is 3.46. The maximum Gasteiger partial charge on any atom is 0.288 e. The Labute approximate surface area is 65.8 Å². The third-order valence-electron chi connectivity index (χ3n) is 1.07. The maximum absolute atomic E-state index is 5.18. The lowest BCUT2D eigenvalue weighted by molar-refractivity contribution is -0.918. The molecular formula is C7H10NOS+. The summed E-state index contributed by atoms with van der Waals surface area (Å²) >= 11 is 4.17. The van der Waals surface area contributed by atoms with E-state index >= 15 is 0 Å². The molecule has 3 heteroatoms. The van der Waals surface area contributed by atoms with Crippen LogP contribution in [0.15, 0.2) is 29.4 Å². The first-order chi connectivity index (χ1) is 4.84. The fourth-order valence-corrected chi connectivity index (χ4v) is 0.878. The summed E-state index contributed by atoms with van der Waals surface area (Å²) in [6.45, 7) is 2.59. The topological polar surface area (TPSA) is 13.1 Å². The molecule has 2 nitrogen and oxygen atoms in total. The van der Waals surface area contributed by atoms with E-state index in [0.717, 1.165) is 5.03 Å². The zero-order valence-corrected chi connectivity index (χ0v) is 6.71. The van der Waals surface area contributed by atoms with E-state index in [0.29, 0.717) is 6.61 Å². The Hall–Kier alpha value is -0.700. The number of hydrogen-bond acceptors (Lipinski definition) is 2. The Morgan fingerprint density at radius 1 is 1.60 bits per heavy atom. The van der Waals surface area contributed by atoms with Gasteiger partial charge in [-0.15, -0.1) is 0 Å². The molecule has 54 valence electrons. The molecule has 0 spiro atoms. The molecule has 0 N–H and O–H groups in total. The molecule has 0 atom stereocenters. The van der Waals surface area contributed by atoms with Crippen LogP contribution in [0.1, 0.15) is 6.92 Å². The second-order valence-corrected chi connectivity index (χ2v) is 2.26. The van der Waals surface area contributed by atoms with Gasteiger partial charge in [-0.1, -0.05) is 12.6 Å². The summed E-state index contributed by atoms with van der Waals surface area (Å²) in [7, 11) is 0. The fraction of sp³-hybridized carbons (Fsp3) is 0.286. The van der Waals surface area contributed by atoms with Crippen molar-refractivity contribution >= 4 is 12.6 Å². The first-order valence-electron chi connectivity index (χ1n) is 3.17. The van der Waals surface area contributed by atoms with Crippen molar-refractivity contribution < 1.29 is 9.57 Å². The predicted molar refractivity (Wildman–Crippen MR) is 41.0 cm³/mol. The lowest BCUT2D eigenvalue weighted by Crippen LogP contribution is -2.43. The molecule has 0 saturated heterocycles. The van der Waals surface area contributed by atoms with Gasteiger partial charge in [0, 0.05) is 16.9 Å². The number of aromatic nitrogens is 1. The molecule has 0 fully saturated rings. The molecule has 0 bridgehead atoms. The van der Waals surface area contributed by atoms with Crippen molar-refractivity contribution in [1.29, 1.82) is 0 Å². The smallest absolute Gasteiger partial charge is 0.271 e. The number of pyridine rings is 1. The standard InChI is InChI=1S/C7H9NOS/c1-2-9-8-6-4-3-5-7(8)10/h3-6H,2H2,1H3/p+1. The van der Waals surface area contributed by atoms with E-state index in [4.69, 9.17) is 4.84 Å². The van der Waals surface area contributed by atoms with Crippen molar-refractivity contribution in [3.63, 3.8) is 0 Å². The molecular weight excluding hydrogens is 146 g/mol. The van der Waals surface area contributed by atoms with Gasteiger partial charge in [0.25, 0.3) is 5.03 Å². The minimum atomic E-state index is 0.655. The number of thiol groups is 1. The monoisotopic (exact) mass is 156 g/mol. The summed E-state index contributed by atoms with van der Waals surface area (Å²) in [6, 6.07) is 5.69. The van der Waals surface area contributed by atoms with Crippen LogP contribution in [0.2, 0.25) is 0 Å². The van der Waals surface area contributed by atoms with Crippen molar-refractivity contribution in [3.8, 4) is 0 Å². The minimum Gasteiger partial charge on any atom is -0.271 e. The van der Waals surface area contributed by atoms with Gasteiger partial charge in [-0.25, -0.2) is 0 Å². The van der Waals surface area contributed by atoms with Crippen molar-refractivity contribution in [2.24, 2.45) is 0 Å². The van der Waals surface area contributed by atoms with Crippen molar-refractivity contribution in [2.45, 2.75) is 11.9 Å². The van der Waals surface area contributed by atoms with Gasteiger partial charge in [-0.05, 0) is 13.0 Å². The van der Waals surface area contributed by atoms with Gasteiger partial charge in [-0.2, -0.15) is 0 Å². The van der Waals surface area contributed by atoms with Crippen LogP contribution in [0.5, 0.6) is 0 Å². The average Bonchev–Trinajstić information content (AvgIpc) is 1.94. The van der Waals surface area contributed by atoms with Crippen LogP contribution in [0.25, 0.3) is 0 Å². The Balaban J connectivity index is 2.81. The van der Waals surface area contributed by atoms with Crippen molar-refractivity contribution in [2.75, 3.05) is 6.61 Å². The third-order valence-corrected chi connectivity index (χ3v) is 1.42. The van der Waals surface area contributed by atoms with E-state index in [1.165, 1.54) is 0 Å². The average molecular weight is 156 g/mol. The Morgan fingerprint density at radius 3 is 3.00 bits per heavy atom. The summed E-state index contributed by atoms with van der Waals surface area (Å²) in [5.41, 5.74) is 0. The summed E-state index contributed by atoms with van der Waals surface area (Å²) in [5, 5.41) is 0.810. The molecule has 0 saturated carbocycles. The molecule has 1 rings (SSSR count). The van der Waals surface area contributed by atoms with Crippen LogP contribution >= 0.6 is 12.6 Å². The van der Waals surface area contributed by atoms with Gasteiger partial charge in [-0.3, -0.25) is 4.84 Å². The molecule has 0 radical (unpaired) electrons. The molecule has 0 aromatic carbocycles. The van der Waals surface area contributed by atoms with Crippen molar-refractivity contribution in [3.05, 3.63) is 24.4 Å². The molecule has 0 aliphatic heterocycles. The lowest BCUT2D eigenvalue weighted by atomic mass is 10.5. The first-order valence-corrected chi connectivity index (χ1v) is 3.62. The fourth-order valence-electron chi connectivity index (χ4n) is 0.668. The largest absolute Gasteiger partial charge is 0.288 e. The van der Waals surface area contributed by atoms with Crippen molar-refractivity contribution in [1.82, 2.24) is 0 Å². The minimum absolute atomic E-state index is 0.655. The van der Waals surface area contributed by atoms with E-state index in [2.05, 4.69) is 12.6 Å². The Bertz CT molecular complexity index is 215. The molecule has 0 aliphatic carbocycles. The molecule has 0 aliphatic rings. The quantitative estimate of drug-likeness (QED) is 0.491. The molecule has 0 unspecified atom stereocenters. The van der Waals surface area contributed by atoms with Crippen LogP contribution in [0, 0.1) is 0 Å². The highest BCUT2D eigenvalue weighted by Gasteiger charge is 2.03. The van der Waals surface area contributed by atoms with Crippen LogP contribution in [0.3, 0.4) is 0 Å². The Kier molecular flexibility index (Phi) is 2.57. The van der Waals surface area contributed by atoms with Gasteiger partial charge >= 0.3 is 0 Å².